The predicted octanol–water partition coefficient (Wildman–Crippen LogP) is 3.45. The molecule has 0 aliphatic carbocycles. The van der Waals surface area contributed by atoms with E-state index in [0.29, 0.717) is 16.8 Å². The van der Waals surface area contributed by atoms with Gasteiger partial charge in [-0.15, -0.1) is 11.3 Å². The van der Waals surface area contributed by atoms with Gasteiger partial charge < -0.3 is 14.8 Å². The average Bonchev–Trinajstić information content (AvgIpc) is 3.25. The highest BCUT2D eigenvalue weighted by atomic mass is 32.1. The Labute approximate surface area is 188 Å². The lowest BCUT2D eigenvalue weighted by Gasteiger charge is -2.06. The molecule has 9 heteroatoms. The van der Waals surface area contributed by atoms with E-state index >= 15 is 0 Å². The monoisotopic (exact) mass is 452 g/mol. The minimum absolute atomic E-state index is 0.00956. The number of hydrogen-bond donors (Lipinski definition) is 1. The summed E-state index contributed by atoms with van der Waals surface area (Å²) in [6.45, 7) is 5.14. The molecule has 0 bridgehead atoms. The number of carbonyl (C=O) groups excluding carboxylic acids is 4. The van der Waals surface area contributed by atoms with Gasteiger partial charge in [-0.3, -0.25) is 9.59 Å². The topological polar surface area (TPSA) is 123 Å². The van der Waals surface area contributed by atoms with E-state index in [1.807, 2.05) is 6.07 Å². The lowest BCUT2D eigenvalue weighted by atomic mass is 9.96. The Hall–Kier alpha value is -3.77. The van der Waals surface area contributed by atoms with Crippen molar-refractivity contribution in [3.63, 3.8) is 0 Å². The fourth-order valence-electron chi connectivity index (χ4n) is 3.42. The van der Waals surface area contributed by atoms with Gasteiger partial charge in [0.15, 0.2) is 5.78 Å². The summed E-state index contributed by atoms with van der Waals surface area (Å²) in [5.41, 5.74) is 1.10. The Kier molecular flexibility index (Phi) is 6.85. The van der Waals surface area contributed by atoms with Gasteiger partial charge in [0.1, 0.15) is 16.5 Å². The number of carbonyl (C=O) groups is 4. The van der Waals surface area contributed by atoms with E-state index in [2.05, 4.69) is 5.32 Å². The molecule has 0 fully saturated rings. The number of esters is 2. The molecular weight excluding hydrogens is 432 g/mol. The number of amides is 1. The Morgan fingerprint density at radius 1 is 1.09 bits per heavy atom. The molecule has 2 aromatic rings. The second kappa shape index (κ2) is 9.58. The maximum absolute atomic E-state index is 13.1. The number of fused-ring (bicyclic) bond motifs is 1. The van der Waals surface area contributed by atoms with Crippen LogP contribution in [-0.2, 0) is 25.5 Å². The number of allylic oxidation sites excluding steroid dienone is 1. The van der Waals surface area contributed by atoms with Crippen molar-refractivity contribution in [2.75, 3.05) is 18.5 Å². The first-order chi connectivity index (χ1) is 15.3. The van der Waals surface area contributed by atoms with Gasteiger partial charge in [0.2, 0.25) is 0 Å². The fourth-order valence-corrected chi connectivity index (χ4v) is 4.60. The van der Waals surface area contributed by atoms with Crippen LogP contribution in [-0.4, -0.2) is 36.8 Å². The summed E-state index contributed by atoms with van der Waals surface area (Å²) in [5, 5.41) is 12.3. The molecule has 164 valence electrons. The standard InChI is InChI=1S/C23H20N2O6S/c1-4-30-22(28)18-12(3)20(23(29)31-5-2)32-17(18)10-16(26)14(11-24)19-13-8-6-7-9-15(13)25-21(19)27/h6-9H,4-5,10H2,1-3H3,(H,25,27)/b19-14-. The van der Waals surface area contributed by atoms with E-state index in [1.165, 1.54) is 0 Å². The van der Waals surface area contributed by atoms with Crippen molar-refractivity contribution in [1.29, 1.82) is 5.26 Å². The summed E-state index contributed by atoms with van der Waals surface area (Å²) >= 11 is 0.945. The Bertz CT molecular complexity index is 1200. The van der Waals surface area contributed by atoms with Crippen molar-refractivity contribution in [1.82, 2.24) is 0 Å². The van der Waals surface area contributed by atoms with E-state index in [9.17, 15) is 24.4 Å². The second-order valence-corrected chi connectivity index (χ2v) is 7.86. The van der Waals surface area contributed by atoms with Crippen LogP contribution in [0.3, 0.4) is 0 Å². The van der Waals surface area contributed by atoms with Crippen LogP contribution in [0.4, 0.5) is 5.69 Å². The normalized spacial score (nSPS) is 13.6. The molecule has 0 radical (unpaired) electrons. The van der Waals surface area contributed by atoms with Crippen molar-refractivity contribution >= 4 is 46.2 Å². The van der Waals surface area contributed by atoms with Gasteiger partial charge in [-0.2, -0.15) is 5.26 Å². The first-order valence-corrected chi connectivity index (χ1v) is 10.7. The number of ketones is 1. The number of para-hydroxylation sites is 1. The highest BCUT2D eigenvalue weighted by molar-refractivity contribution is 7.14. The number of nitriles is 1. The third kappa shape index (κ3) is 4.18. The number of thiophene rings is 1. The minimum Gasteiger partial charge on any atom is -0.462 e. The molecule has 1 aromatic carbocycles. The number of benzene rings is 1. The van der Waals surface area contributed by atoms with Crippen molar-refractivity contribution in [3.05, 3.63) is 56.3 Å². The number of hydrogen-bond acceptors (Lipinski definition) is 8. The summed E-state index contributed by atoms with van der Waals surface area (Å²) < 4.78 is 10.1. The maximum atomic E-state index is 13.1. The fraction of sp³-hybridized carbons (Fsp3) is 0.261. The highest BCUT2D eigenvalue weighted by Crippen LogP contribution is 2.35. The maximum Gasteiger partial charge on any atom is 0.348 e. The number of nitrogens with zero attached hydrogens (tertiary/aromatic N) is 1. The van der Waals surface area contributed by atoms with Gasteiger partial charge in [0.25, 0.3) is 5.91 Å². The van der Waals surface area contributed by atoms with E-state index in [4.69, 9.17) is 9.47 Å². The van der Waals surface area contributed by atoms with Crippen molar-refractivity contribution in [2.24, 2.45) is 0 Å². The quantitative estimate of drug-likeness (QED) is 0.388. The number of Topliss-reactive ketones (excluding diaryl/α,β-unsaturated/α-hetero) is 1. The minimum atomic E-state index is -0.672. The van der Waals surface area contributed by atoms with Crippen LogP contribution in [0.1, 0.15) is 49.9 Å². The van der Waals surface area contributed by atoms with Gasteiger partial charge in [0.05, 0.1) is 24.4 Å². The largest absolute Gasteiger partial charge is 0.462 e. The molecule has 1 N–H and O–H groups in total. The molecule has 1 aliphatic rings. The smallest absolute Gasteiger partial charge is 0.348 e. The molecule has 0 saturated heterocycles. The Balaban J connectivity index is 2.06. The van der Waals surface area contributed by atoms with Crippen LogP contribution in [0.15, 0.2) is 29.8 Å². The summed E-state index contributed by atoms with van der Waals surface area (Å²) in [6, 6.07) is 8.59. The molecule has 1 amide bonds. The summed E-state index contributed by atoms with van der Waals surface area (Å²) in [6.07, 6.45) is -0.346. The molecule has 32 heavy (non-hydrogen) atoms. The lowest BCUT2D eigenvalue weighted by molar-refractivity contribution is -0.115. The van der Waals surface area contributed by atoms with Crippen molar-refractivity contribution in [3.8, 4) is 6.07 Å². The summed E-state index contributed by atoms with van der Waals surface area (Å²) in [5.74, 6) is -2.47. The molecule has 1 aliphatic heterocycles. The van der Waals surface area contributed by atoms with Crippen LogP contribution in [0.25, 0.3) is 5.57 Å². The number of anilines is 1. The molecule has 0 unspecified atom stereocenters. The van der Waals surface area contributed by atoms with Gasteiger partial charge in [0, 0.05) is 22.5 Å². The van der Waals surface area contributed by atoms with Crippen LogP contribution in [0.2, 0.25) is 0 Å². The zero-order valence-electron chi connectivity index (χ0n) is 17.7. The third-order valence-corrected chi connectivity index (χ3v) is 6.07. The zero-order chi connectivity index (χ0) is 23.4. The molecule has 8 nitrogen and oxygen atoms in total. The second-order valence-electron chi connectivity index (χ2n) is 6.76. The van der Waals surface area contributed by atoms with E-state index in [1.54, 1.807) is 45.0 Å². The van der Waals surface area contributed by atoms with Crippen LogP contribution in [0, 0.1) is 18.3 Å². The number of rotatable bonds is 7. The number of ether oxygens (including phenoxy) is 2. The average molecular weight is 452 g/mol. The molecule has 0 spiro atoms. The van der Waals surface area contributed by atoms with Crippen molar-refractivity contribution in [2.45, 2.75) is 27.2 Å². The molecular formula is C23H20N2O6S. The Morgan fingerprint density at radius 3 is 2.41 bits per heavy atom. The van der Waals surface area contributed by atoms with E-state index in [-0.39, 0.29) is 46.1 Å². The van der Waals surface area contributed by atoms with E-state index in [0.717, 1.165) is 11.3 Å². The van der Waals surface area contributed by atoms with Gasteiger partial charge in [-0.1, -0.05) is 18.2 Å². The number of nitrogens with one attached hydrogen (secondary N) is 1. The summed E-state index contributed by atoms with van der Waals surface area (Å²) in [4.78, 5) is 50.9. The van der Waals surface area contributed by atoms with Crippen LogP contribution >= 0.6 is 11.3 Å². The lowest BCUT2D eigenvalue weighted by Crippen LogP contribution is -2.14. The Morgan fingerprint density at radius 2 is 1.75 bits per heavy atom. The highest BCUT2D eigenvalue weighted by Gasteiger charge is 2.32. The zero-order valence-corrected chi connectivity index (χ0v) is 18.6. The molecule has 0 atom stereocenters. The first-order valence-electron chi connectivity index (χ1n) is 9.88. The van der Waals surface area contributed by atoms with Gasteiger partial charge in [-0.25, -0.2) is 9.59 Å². The molecule has 0 saturated carbocycles. The predicted molar refractivity (Wildman–Crippen MR) is 117 cm³/mol. The van der Waals surface area contributed by atoms with Gasteiger partial charge in [-0.05, 0) is 32.4 Å². The SMILES string of the molecule is CCOC(=O)c1sc(CC(=O)/C(C#N)=C2\C(=O)Nc3ccccc32)c(C(=O)OCC)c1C. The van der Waals surface area contributed by atoms with Crippen molar-refractivity contribution < 1.29 is 28.7 Å². The molecule has 2 heterocycles. The molecule has 3 rings (SSSR count). The van der Waals surface area contributed by atoms with Crippen LogP contribution < -0.4 is 5.32 Å². The molecule has 1 aromatic heterocycles. The third-order valence-electron chi connectivity index (χ3n) is 4.79. The van der Waals surface area contributed by atoms with Gasteiger partial charge >= 0.3 is 11.9 Å². The van der Waals surface area contributed by atoms with Crippen LogP contribution in [0.5, 0.6) is 0 Å². The van der Waals surface area contributed by atoms with E-state index < -0.39 is 23.6 Å². The first kappa shape index (κ1) is 22.9. The summed E-state index contributed by atoms with van der Waals surface area (Å²) in [7, 11) is 0.